The van der Waals surface area contributed by atoms with E-state index >= 15 is 0 Å². The summed E-state index contributed by atoms with van der Waals surface area (Å²) in [5, 5.41) is 21.8. The number of hydrogen-bond acceptors (Lipinski definition) is 6. The van der Waals surface area contributed by atoms with E-state index in [-0.39, 0.29) is 66.3 Å². The average Bonchev–Trinajstić information content (AvgIpc) is 3.41. The first-order chi connectivity index (χ1) is 21.5. The quantitative estimate of drug-likeness (QED) is 0.323. The number of aromatic nitrogens is 1. The molecule has 1 saturated carbocycles. The summed E-state index contributed by atoms with van der Waals surface area (Å²) < 4.78 is 42.7. The summed E-state index contributed by atoms with van der Waals surface area (Å²) in [6, 6.07) is 12.5. The molecule has 46 heavy (non-hydrogen) atoms. The van der Waals surface area contributed by atoms with Crippen molar-refractivity contribution in [2.75, 3.05) is 9.80 Å². The Morgan fingerprint density at radius 3 is 2.41 bits per heavy atom. The van der Waals surface area contributed by atoms with E-state index in [1.165, 1.54) is 36.5 Å². The molecule has 2 aromatic carbocycles. The zero-order valence-corrected chi connectivity index (χ0v) is 24.5. The van der Waals surface area contributed by atoms with Gasteiger partial charge in [0.25, 0.3) is 5.91 Å². The molecule has 1 aromatic heterocycles. The van der Waals surface area contributed by atoms with Gasteiger partial charge < -0.3 is 5.32 Å². The van der Waals surface area contributed by atoms with Crippen LogP contribution in [0.4, 0.5) is 24.7 Å². The summed E-state index contributed by atoms with van der Waals surface area (Å²) in [4.78, 5) is 48.2. The maximum Gasteiger partial charge on any atom is 0.251 e. The molecule has 1 saturated heterocycles. The minimum absolute atomic E-state index is 0. The van der Waals surface area contributed by atoms with Crippen LogP contribution in [0.3, 0.4) is 0 Å². The van der Waals surface area contributed by atoms with Crippen molar-refractivity contribution in [3.05, 3.63) is 88.3 Å². The summed E-state index contributed by atoms with van der Waals surface area (Å²) in [5.74, 6) is -5.72. The number of anilines is 2. The Morgan fingerprint density at radius 2 is 1.74 bits per heavy atom. The van der Waals surface area contributed by atoms with Gasteiger partial charge in [0.1, 0.15) is 23.7 Å². The van der Waals surface area contributed by atoms with Crippen LogP contribution in [0.1, 0.15) is 68.7 Å². The molecule has 5 rings (SSSR count). The number of pyridine rings is 1. The third-order valence-corrected chi connectivity index (χ3v) is 8.26. The summed E-state index contributed by atoms with van der Waals surface area (Å²) in [6.45, 7) is 0. The third kappa shape index (κ3) is 7.13. The molecular weight excluding hydrogens is 621 g/mol. The molecule has 0 bridgehead atoms. The molecule has 2 aliphatic rings. The van der Waals surface area contributed by atoms with Gasteiger partial charge in [-0.3, -0.25) is 24.2 Å². The maximum atomic E-state index is 14.9. The van der Waals surface area contributed by atoms with Crippen molar-refractivity contribution in [1.29, 1.82) is 10.5 Å². The molecular formula is C33H30ClF3N6O3. The number of nitrogens with zero attached hydrogens (tertiary/aromatic N) is 5. The van der Waals surface area contributed by atoms with Gasteiger partial charge in [0.05, 0.1) is 23.3 Å². The van der Waals surface area contributed by atoms with Gasteiger partial charge in [-0.05, 0) is 55.7 Å². The fourth-order valence-electron chi connectivity index (χ4n) is 5.73. The first-order valence-electron chi connectivity index (χ1n) is 14.2. The monoisotopic (exact) mass is 650 g/mol. The Morgan fingerprint density at radius 1 is 1.04 bits per heavy atom. The van der Waals surface area contributed by atoms with Crippen molar-refractivity contribution in [3.8, 4) is 12.1 Å². The Balaban J connectivity index is 0.00000480. The third-order valence-electron chi connectivity index (χ3n) is 7.92. The fraction of sp³-hybridized carbons (Fsp3) is 0.333. The number of carbonyl (C=O) groups is 3. The number of nitrogens with one attached hydrogen (secondary N) is 1. The van der Waals surface area contributed by atoms with Gasteiger partial charge in [0.2, 0.25) is 17.7 Å². The van der Waals surface area contributed by atoms with Crippen LogP contribution >= 0.6 is 11.6 Å². The highest BCUT2D eigenvalue weighted by Crippen LogP contribution is 2.38. The van der Waals surface area contributed by atoms with Crippen molar-refractivity contribution in [2.24, 2.45) is 0 Å². The zero-order valence-electron chi connectivity index (χ0n) is 23.7. The molecule has 1 aliphatic carbocycles. The second-order valence-electron chi connectivity index (χ2n) is 10.9. The summed E-state index contributed by atoms with van der Waals surface area (Å²) in [7, 11) is 0. The maximum absolute atomic E-state index is 14.9. The number of carbonyl (C=O) groups excluding carboxylic acids is 3. The van der Waals surface area contributed by atoms with Crippen molar-refractivity contribution in [2.45, 2.75) is 70.0 Å². The SMILES string of the molecule is C.N#Cc1cc(F)cc(N(C(=O)[C@@H]2CCC(=O)N2c2cc(C#N)ccn2)[C@H](C(=O)NC2CCC(F)(F)CC2)c2ccccc2Cl)c1. The lowest BCUT2D eigenvalue weighted by molar-refractivity contribution is -0.128. The molecule has 2 heterocycles. The van der Waals surface area contributed by atoms with E-state index in [9.17, 15) is 38.1 Å². The average molecular weight is 651 g/mol. The number of hydrogen-bond donors (Lipinski definition) is 1. The Hall–Kier alpha value is -4.94. The lowest BCUT2D eigenvalue weighted by atomic mass is 9.91. The summed E-state index contributed by atoms with van der Waals surface area (Å²) in [6.07, 6.45) is 0.383. The number of benzene rings is 2. The van der Waals surface area contributed by atoms with Gasteiger partial charge in [-0.15, -0.1) is 0 Å². The van der Waals surface area contributed by atoms with Gasteiger partial charge in [-0.1, -0.05) is 37.2 Å². The van der Waals surface area contributed by atoms with Crippen LogP contribution < -0.4 is 15.1 Å². The fourth-order valence-corrected chi connectivity index (χ4v) is 5.96. The van der Waals surface area contributed by atoms with E-state index in [4.69, 9.17) is 11.6 Å². The van der Waals surface area contributed by atoms with Crippen LogP contribution in [0, 0.1) is 28.5 Å². The van der Waals surface area contributed by atoms with Crippen LogP contribution in [0.15, 0.2) is 60.8 Å². The molecule has 2 fully saturated rings. The molecule has 3 aromatic rings. The number of rotatable bonds is 7. The molecule has 2 atom stereocenters. The number of halogens is 4. The Bertz CT molecular complexity index is 1730. The minimum atomic E-state index is -2.85. The van der Waals surface area contributed by atoms with Gasteiger partial charge >= 0.3 is 0 Å². The van der Waals surface area contributed by atoms with Crippen molar-refractivity contribution in [1.82, 2.24) is 10.3 Å². The highest BCUT2D eigenvalue weighted by atomic mass is 35.5. The molecule has 1 N–H and O–H groups in total. The van der Waals surface area contributed by atoms with Gasteiger partial charge in [-0.2, -0.15) is 10.5 Å². The molecule has 0 radical (unpaired) electrons. The molecule has 1 aliphatic heterocycles. The number of nitriles is 2. The summed E-state index contributed by atoms with van der Waals surface area (Å²) >= 11 is 6.56. The van der Waals surface area contributed by atoms with E-state index in [0.29, 0.717) is 0 Å². The van der Waals surface area contributed by atoms with Gasteiger partial charge in [0, 0.05) is 47.8 Å². The molecule has 13 heteroatoms. The van der Waals surface area contributed by atoms with Crippen molar-refractivity contribution < 1.29 is 27.6 Å². The standard InChI is InChI=1S/C32H26ClF3N6O3.CH4/c33-25-4-2-1-3-24(25)29(30(44)40-22-7-10-32(35,36)11-8-22)41(23-14-20(18-38)13-21(34)16-23)31(45)26-5-6-28(43)42(26)27-15-19(17-37)9-12-39-27;/h1-4,9,12-16,22,26,29H,5-8,10-11H2,(H,40,44);1H4/t26-,29-;/m0./s1. The van der Waals surface area contributed by atoms with Crippen LogP contribution in [0.25, 0.3) is 0 Å². The molecule has 238 valence electrons. The van der Waals surface area contributed by atoms with Crippen molar-refractivity contribution >= 4 is 40.8 Å². The van der Waals surface area contributed by atoms with Crippen molar-refractivity contribution in [3.63, 3.8) is 0 Å². The highest BCUT2D eigenvalue weighted by molar-refractivity contribution is 6.31. The van der Waals surface area contributed by atoms with E-state index in [2.05, 4.69) is 10.3 Å². The first kappa shape index (κ1) is 33.9. The first-order valence-corrected chi connectivity index (χ1v) is 14.5. The van der Waals surface area contributed by atoms with Gasteiger partial charge in [-0.25, -0.2) is 18.2 Å². The van der Waals surface area contributed by atoms with Crippen LogP contribution in [0.2, 0.25) is 5.02 Å². The van der Waals surface area contributed by atoms with E-state index in [1.807, 2.05) is 12.1 Å². The predicted octanol–water partition coefficient (Wildman–Crippen LogP) is 6.22. The van der Waals surface area contributed by atoms with Crippen LogP contribution in [0.5, 0.6) is 0 Å². The molecule has 3 amide bonds. The minimum Gasteiger partial charge on any atom is -0.351 e. The summed E-state index contributed by atoms with van der Waals surface area (Å²) in [5.41, 5.74) is 0.0375. The largest absolute Gasteiger partial charge is 0.351 e. The molecule has 0 unspecified atom stereocenters. The second-order valence-corrected chi connectivity index (χ2v) is 11.3. The van der Waals surface area contributed by atoms with E-state index in [1.54, 1.807) is 12.1 Å². The normalized spacial score (nSPS) is 18.1. The molecule has 9 nitrogen and oxygen atoms in total. The second kappa shape index (κ2) is 14.0. The van der Waals surface area contributed by atoms with E-state index in [0.717, 1.165) is 21.9 Å². The predicted molar refractivity (Wildman–Crippen MR) is 164 cm³/mol. The zero-order chi connectivity index (χ0) is 32.3. The number of alkyl halides is 2. The Kier molecular flexibility index (Phi) is 10.3. The van der Waals surface area contributed by atoms with E-state index < -0.39 is 60.4 Å². The topological polar surface area (TPSA) is 130 Å². The number of amides is 3. The van der Waals surface area contributed by atoms with Crippen LogP contribution in [-0.2, 0) is 14.4 Å². The Labute approximate surface area is 269 Å². The highest BCUT2D eigenvalue weighted by Gasteiger charge is 2.45. The van der Waals surface area contributed by atoms with Gasteiger partial charge in [0.15, 0.2) is 0 Å². The van der Waals surface area contributed by atoms with Crippen LogP contribution in [-0.4, -0.2) is 40.7 Å². The lowest BCUT2D eigenvalue weighted by Crippen LogP contribution is -2.53. The molecule has 0 spiro atoms. The lowest BCUT2D eigenvalue weighted by Gasteiger charge is -2.37. The smallest absolute Gasteiger partial charge is 0.251 e.